The third kappa shape index (κ3) is 3.92. The van der Waals surface area contributed by atoms with Gasteiger partial charge in [-0.2, -0.15) is 0 Å². The van der Waals surface area contributed by atoms with Crippen LogP contribution < -0.4 is 9.64 Å². The van der Waals surface area contributed by atoms with Gasteiger partial charge in [-0.1, -0.05) is 6.92 Å². The van der Waals surface area contributed by atoms with Gasteiger partial charge < -0.3 is 14.5 Å². The van der Waals surface area contributed by atoms with E-state index in [1.807, 2.05) is 26.1 Å². The zero-order valence-electron chi connectivity index (χ0n) is 15.6. The quantitative estimate of drug-likeness (QED) is 0.792. The Bertz CT molecular complexity index is 750. The molecule has 138 valence electrons. The summed E-state index contributed by atoms with van der Waals surface area (Å²) in [6.45, 7) is 6.11. The number of likely N-dealkylation sites (N-methyl/N-ethyl adjacent to an activating group) is 1. The second-order valence-electron chi connectivity index (χ2n) is 6.53. The summed E-state index contributed by atoms with van der Waals surface area (Å²) in [4.78, 5) is 29.6. The Morgan fingerprint density at radius 3 is 2.85 bits per heavy atom. The van der Waals surface area contributed by atoms with Crippen molar-refractivity contribution in [1.29, 1.82) is 0 Å². The number of carbonyl (C=O) groups excluding carboxylic acids is 1. The molecular formula is C19H25N5O2. The molecule has 0 bridgehead atoms. The number of rotatable bonds is 6. The van der Waals surface area contributed by atoms with E-state index in [-0.39, 0.29) is 11.9 Å². The fraction of sp³-hybridized carbons (Fsp3) is 0.474. The molecule has 0 aliphatic carbocycles. The Labute approximate surface area is 154 Å². The lowest BCUT2D eigenvalue weighted by Crippen LogP contribution is -2.39. The van der Waals surface area contributed by atoms with E-state index in [9.17, 15) is 4.79 Å². The molecule has 1 atom stereocenters. The van der Waals surface area contributed by atoms with Crippen LogP contribution in [0.1, 0.15) is 35.8 Å². The van der Waals surface area contributed by atoms with Crippen molar-refractivity contribution < 1.29 is 9.53 Å². The SMILES string of the molecule is CCCOc1nccnc1N1CC[C@@H](N(C)C(=O)c2ccc(C)nc2)C1. The van der Waals surface area contributed by atoms with Gasteiger partial charge >= 0.3 is 0 Å². The topological polar surface area (TPSA) is 71.5 Å². The van der Waals surface area contributed by atoms with Gasteiger partial charge in [0.15, 0.2) is 5.82 Å². The standard InChI is InChI=1S/C19H25N5O2/c1-4-11-26-18-17(20-8-9-21-18)24-10-7-16(13-24)23(3)19(25)15-6-5-14(2)22-12-15/h5-6,8-9,12,16H,4,7,10-11,13H2,1-3H3/t16-/m1/s1. The third-order valence-electron chi connectivity index (χ3n) is 4.58. The van der Waals surface area contributed by atoms with Crippen LogP contribution in [0.2, 0.25) is 0 Å². The zero-order valence-corrected chi connectivity index (χ0v) is 15.6. The Morgan fingerprint density at radius 2 is 2.12 bits per heavy atom. The summed E-state index contributed by atoms with van der Waals surface area (Å²) in [5.74, 6) is 1.30. The number of hydrogen-bond donors (Lipinski definition) is 0. The maximum atomic E-state index is 12.7. The average Bonchev–Trinajstić information content (AvgIpc) is 3.16. The van der Waals surface area contributed by atoms with Crippen molar-refractivity contribution in [2.24, 2.45) is 0 Å². The van der Waals surface area contributed by atoms with E-state index in [1.165, 1.54) is 0 Å². The van der Waals surface area contributed by atoms with Gasteiger partial charge in [-0.15, -0.1) is 0 Å². The summed E-state index contributed by atoms with van der Waals surface area (Å²) < 4.78 is 5.72. The first-order chi connectivity index (χ1) is 12.6. The Hall–Kier alpha value is -2.70. The number of aryl methyl sites for hydroxylation is 1. The number of aromatic nitrogens is 3. The van der Waals surface area contributed by atoms with Crippen LogP contribution in [0.3, 0.4) is 0 Å². The molecule has 3 rings (SSSR count). The first-order valence-corrected chi connectivity index (χ1v) is 8.98. The van der Waals surface area contributed by atoms with Crippen LogP contribution >= 0.6 is 0 Å². The molecule has 0 aromatic carbocycles. The van der Waals surface area contributed by atoms with Crippen LogP contribution in [-0.2, 0) is 0 Å². The van der Waals surface area contributed by atoms with Crippen LogP contribution in [0.15, 0.2) is 30.7 Å². The Morgan fingerprint density at radius 1 is 1.31 bits per heavy atom. The molecule has 0 saturated carbocycles. The minimum absolute atomic E-state index is 0.00838. The van der Waals surface area contributed by atoms with E-state index in [2.05, 4.69) is 26.8 Å². The van der Waals surface area contributed by atoms with Gasteiger partial charge in [0, 0.05) is 44.4 Å². The highest BCUT2D eigenvalue weighted by Crippen LogP contribution is 2.28. The van der Waals surface area contributed by atoms with Gasteiger partial charge in [-0.05, 0) is 31.9 Å². The molecule has 0 spiro atoms. The van der Waals surface area contributed by atoms with Gasteiger partial charge in [-0.25, -0.2) is 9.97 Å². The second-order valence-corrected chi connectivity index (χ2v) is 6.53. The molecule has 3 heterocycles. The van der Waals surface area contributed by atoms with E-state index in [0.717, 1.165) is 30.9 Å². The molecule has 2 aromatic heterocycles. The first-order valence-electron chi connectivity index (χ1n) is 8.98. The van der Waals surface area contributed by atoms with Gasteiger partial charge in [0.25, 0.3) is 11.8 Å². The first kappa shape index (κ1) is 18.1. The van der Waals surface area contributed by atoms with E-state index in [1.54, 1.807) is 23.5 Å². The summed E-state index contributed by atoms with van der Waals surface area (Å²) in [6, 6.07) is 3.80. The molecule has 1 aliphatic rings. The minimum Gasteiger partial charge on any atom is -0.475 e. The molecule has 26 heavy (non-hydrogen) atoms. The number of ether oxygens (including phenoxy) is 1. The molecule has 1 amide bonds. The second kappa shape index (κ2) is 8.12. The fourth-order valence-electron chi connectivity index (χ4n) is 3.05. The van der Waals surface area contributed by atoms with Crippen LogP contribution in [0.25, 0.3) is 0 Å². The van der Waals surface area contributed by atoms with Crippen molar-refractivity contribution in [3.63, 3.8) is 0 Å². The van der Waals surface area contributed by atoms with E-state index >= 15 is 0 Å². The lowest BCUT2D eigenvalue weighted by Gasteiger charge is -2.25. The van der Waals surface area contributed by atoms with Crippen LogP contribution in [0.5, 0.6) is 5.88 Å². The van der Waals surface area contributed by atoms with E-state index < -0.39 is 0 Å². The molecule has 0 radical (unpaired) electrons. The smallest absolute Gasteiger partial charge is 0.257 e. The number of hydrogen-bond acceptors (Lipinski definition) is 6. The molecule has 1 saturated heterocycles. The van der Waals surface area contributed by atoms with Crippen molar-refractivity contribution in [3.8, 4) is 5.88 Å². The van der Waals surface area contributed by atoms with Crippen molar-refractivity contribution in [2.45, 2.75) is 32.7 Å². The highest BCUT2D eigenvalue weighted by atomic mass is 16.5. The Kier molecular flexibility index (Phi) is 5.65. The summed E-state index contributed by atoms with van der Waals surface area (Å²) >= 11 is 0. The summed E-state index contributed by atoms with van der Waals surface area (Å²) in [7, 11) is 1.85. The monoisotopic (exact) mass is 355 g/mol. The maximum absolute atomic E-state index is 12.7. The van der Waals surface area contributed by atoms with Crippen molar-refractivity contribution in [2.75, 3.05) is 31.6 Å². The highest BCUT2D eigenvalue weighted by molar-refractivity contribution is 5.94. The molecule has 2 aromatic rings. The lowest BCUT2D eigenvalue weighted by molar-refractivity contribution is 0.0744. The van der Waals surface area contributed by atoms with Gasteiger partial charge in [0.1, 0.15) is 0 Å². The number of pyridine rings is 1. The molecule has 1 fully saturated rings. The summed E-state index contributed by atoms with van der Waals surface area (Å²) in [5.41, 5.74) is 1.52. The van der Waals surface area contributed by atoms with E-state index in [0.29, 0.717) is 24.6 Å². The normalized spacial score (nSPS) is 16.6. The largest absolute Gasteiger partial charge is 0.475 e. The van der Waals surface area contributed by atoms with Crippen molar-refractivity contribution >= 4 is 11.7 Å². The van der Waals surface area contributed by atoms with Crippen molar-refractivity contribution in [3.05, 3.63) is 42.0 Å². The molecule has 1 aliphatic heterocycles. The predicted octanol–water partition coefficient (Wildman–Crippen LogP) is 2.32. The zero-order chi connectivity index (χ0) is 18.5. The van der Waals surface area contributed by atoms with Gasteiger partial charge in [-0.3, -0.25) is 9.78 Å². The highest BCUT2D eigenvalue weighted by Gasteiger charge is 2.31. The summed E-state index contributed by atoms with van der Waals surface area (Å²) in [6.07, 6.45) is 6.75. The molecule has 0 N–H and O–H groups in total. The number of carbonyl (C=O) groups is 1. The molecular weight excluding hydrogens is 330 g/mol. The van der Waals surface area contributed by atoms with Crippen LogP contribution in [0, 0.1) is 6.92 Å². The number of amides is 1. The van der Waals surface area contributed by atoms with Gasteiger partial charge in [0.05, 0.1) is 18.2 Å². The minimum atomic E-state index is -0.00838. The lowest BCUT2D eigenvalue weighted by atomic mass is 10.2. The fourth-order valence-corrected chi connectivity index (χ4v) is 3.05. The van der Waals surface area contributed by atoms with Crippen LogP contribution in [0.4, 0.5) is 5.82 Å². The molecule has 7 heteroatoms. The summed E-state index contributed by atoms with van der Waals surface area (Å²) in [5, 5.41) is 0. The predicted molar refractivity (Wildman–Crippen MR) is 99.5 cm³/mol. The molecule has 7 nitrogen and oxygen atoms in total. The number of nitrogens with zero attached hydrogens (tertiary/aromatic N) is 5. The average molecular weight is 355 g/mol. The third-order valence-corrected chi connectivity index (χ3v) is 4.58. The van der Waals surface area contributed by atoms with Gasteiger partial charge in [0.2, 0.25) is 0 Å². The Balaban J connectivity index is 1.68. The van der Waals surface area contributed by atoms with E-state index in [4.69, 9.17) is 4.74 Å². The molecule has 0 unspecified atom stereocenters. The van der Waals surface area contributed by atoms with Crippen molar-refractivity contribution in [1.82, 2.24) is 19.9 Å². The number of anilines is 1. The van der Waals surface area contributed by atoms with Crippen LogP contribution in [-0.4, -0.2) is 58.5 Å². The maximum Gasteiger partial charge on any atom is 0.257 e.